The Hall–Kier alpha value is -4.24. The lowest BCUT2D eigenvalue weighted by molar-refractivity contribution is -0.139. The molecule has 2 aromatic heterocycles. The van der Waals surface area contributed by atoms with Gasteiger partial charge in [-0.05, 0) is 48.9 Å². The summed E-state index contributed by atoms with van der Waals surface area (Å²) in [7, 11) is 3.13. The molecule has 36 heavy (non-hydrogen) atoms. The van der Waals surface area contributed by atoms with Crippen molar-refractivity contribution in [3.05, 3.63) is 72.3 Å². The lowest BCUT2D eigenvalue weighted by atomic mass is 9.90. The van der Waals surface area contributed by atoms with E-state index in [1.807, 2.05) is 48.2 Å². The minimum absolute atomic E-state index is 0.0141. The number of aryl methyl sites for hydroxylation is 1. The molecule has 1 saturated heterocycles. The van der Waals surface area contributed by atoms with Crippen LogP contribution in [0.3, 0.4) is 0 Å². The number of carbonyl (C=O) groups excluding carboxylic acids is 1. The number of ether oxygens (including phenoxy) is 3. The molecule has 2 aromatic carbocycles. The lowest BCUT2D eigenvalue weighted by Gasteiger charge is -2.39. The zero-order valence-corrected chi connectivity index (χ0v) is 20.4. The minimum Gasteiger partial charge on any atom is -0.493 e. The van der Waals surface area contributed by atoms with Crippen molar-refractivity contribution in [2.24, 2.45) is 0 Å². The van der Waals surface area contributed by atoms with Gasteiger partial charge in [0.15, 0.2) is 11.5 Å². The van der Waals surface area contributed by atoms with Crippen LogP contribution in [0.4, 0.5) is 11.5 Å². The maximum Gasteiger partial charge on any atom is 0.248 e. The maximum absolute atomic E-state index is 12.0. The van der Waals surface area contributed by atoms with Crippen LogP contribution in [-0.4, -0.2) is 59.7 Å². The first kappa shape index (κ1) is 23.5. The Morgan fingerprint density at radius 2 is 1.89 bits per heavy atom. The number of amides is 1. The smallest absolute Gasteiger partial charge is 0.248 e. The molecule has 5 rings (SSSR count). The normalized spacial score (nSPS) is 13.4. The number of carbonyl (C=O) groups is 1. The second kappa shape index (κ2) is 10.2. The van der Waals surface area contributed by atoms with Crippen LogP contribution in [0.15, 0.2) is 61.1 Å². The molecule has 1 fully saturated rings. The molecule has 184 valence electrons. The molecule has 9 heteroatoms. The Morgan fingerprint density at radius 1 is 1.03 bits per heavy atom. The molecule has 0 unspecified atom stereocenters. The van der Waals surface area contributed by atoms with Crippen molar-refractivity contribution >= 4 is 28.3 Å². The molecule has 0 radical (unpaired) electrons. The van der Waals surface area contributed by atoms with Gasteiger partial charge in [-0.25, -0.2) is 9.97 Å². The topological polar surface area (TPSA) is 98.7 Å². The molecule has 9 nitrogen and oxygen atoms in total. The number of pyridine rings is 1. The Bertz CT molecular complexity index is 1390. The number of aromatic nitrogens is 3. The van der Waals surface area contributed by atoms with E-state index in [0.717, 1.165) is 27.8 Å². The molecule has 0 atom stereocenters. The Kier molecular flexibility index (Phi) is 6.64. The van der Waals surface area contributed by atoms with Crippen LogP contribution < -0.4 is 14.8 Å². The molecule has 0 saturated carbocycles. The van der Waals surface area contributed by atoms with Gasteiger partial charge < -0.3 is 24.4 Å². The zero-order valence-electron chi connectivity index (χ0n) is 20.4. The monoisotopic (exact) mass is 485 g/mol. The van der Waals surface area contributed by atoms with Gasteiger partial charge in [0.25, 0.3) is 0 Å². The van der Waals surface area contributed by atoms with E-state index in [9.17, 15) is 4.79 Å². The highest BCUT2D eigenvalue weighted by atomic mass is 16.5. The molecule has 0 spiro atoms. The molecule has 1 amide bonds. The van der Waals surface area contributed by atoms with Crippen molar-refractivity contribution in [3.8, 4) is 17.2 Å². The van der Waals surface area contributed by atoms with E-state index >= 15 is 0 Å². The Morgan fingerprint density at radius 3 is 2.64 bits per heavy atom. The largest absolute Gasteiger partial charge is 0.493 e. The van der Waals surface area contributed by atoms with Crippen LogP contribution in [-0.2, 0) is 9.53 Å². The fourth-order valence-corrected chi connectivity index (χ4v) is 4.14. The number of nitrogens with one attached hydrogen (secondary N) is 1. The first-order chi connectivity index (χ1) is 17.5. The van der Waals surface area contributed by atoms with Crippen molar-refractivity contribution in [2.45, 2.75) is 12.8 Å². The lowest BCUT2D eigenvalue weighted by Crippen LogP contribution is -2.49. The summed E-state index contributed by atoms with van der Waals surface area (Å²) in [4.78, 5) is 27.0. The molecule has 1 N–H and O–H groups in total. The minimum atomic E-state index is 0.0141. The number of benzene rings is 2. The summed E-state index contributed by atoms with van der Waals surface area (Å²) in [6, 6.07) is 15.5. The van der Waals surface area contributed by atoms with E-state index in [4.69, 9.17) is 14.2 Å². The first-order valence-electron chi connectivity index (χ1n) is 11.6. The Balaban J connectivity index is 1.35. The zero-order chi connectivity index (χ0) is 25.1. The van der Waals surface area contributed by atoms with Crippen LogP contribution >= 0.6 is 0 Å². The number of hydrogen-bond donors (Lipinski definition) is 1. The van der Waals surface area contributed by atoms with Crippen LogP contribution in [0.1, 0.15) is 17.2 Å². The highest BCUT2D eigenvalue weighted by molar-refractivity contribution is 5.91. The van der Waals surface area contributed by atoms with E-state index in [2.05, 4.69) is 32.4 Å². The van der Waals surface area contributed by atoms with Gasteiger partial charge in [0.05, 0.1) is 18.8 Å². The highest BCUT2D eigenvalue weighted by Crippen LogP contribution is 2.36. The second-order valence-corrected chi connectivity index (χ2v) is 8.66. The van der Waals surface area contributed by atoms with Crippen molar-refractivity contribution in [2.75, 3.05) is 39.2 Å². The third-order valence-corrected chi connectivity index (χ3v) is 6.17. The number of anilines is 2. The van der Waals surface area contributed by atoms with Crippen molar-refractivity contribution < 1.29 is 19.0 Å². The van der Waals surface area contributed by atoms with E-state index in [-0.39, 0.29) is 18.4 Å². The summed E-state index contributed by atoms with van der Waals surface area (Å²) in [6.45, 7) is 3.40. The van der Waals surface area contributed by atoms with Crippen molar-refractivity contribution in [1.82, 2.24) is 19.9 Å². The summed E-state index contributed by atoms with van der Waals surface area (Å²) in [5.41, 5.74) is 3.70. The predicted octanol–water partition coefficient (Wildman–Crippen LogP) is 4.45. The number of methoxy groups -OCH3 is 2. The summed E-state index contributed by atoms with van der Waals surface area (Å²) in [5, 5.41) is 4.29. The molecule has 0 bridgehead atoms. The number of likely N-dealkylation sites (tertiary alicyclic amines) is 1. The predicted molar refractivity (Wildman–Crippen MR) is 136 cm³/mol. The van der Waals surface area contributed by atoms with Crippen LogP contribution in [0.5, 0.6) is 17.2 Å². The van der Waals surface area contributed by atoms with Gasteiger partial charge in [-0.3, -0.25) is 9.78 Å². The third kappa shape index (κ3) is 4.92. The summed E-state index contributed by atoms with van der Waals surface area (Å²) in [5.74, 6) is 2.77. The van der Waals surface area contributed by atoms with E-state index in [1.54, 1.807) is 13.3 Å². The van der Waals surface area contributed by atoms with E-state index < -0.39 is 0 Å². The molecular formula is C27H27N5O4. The Labute approximate surface area is 209 Å². The highest BCUT2D eigenvalue weighted by Gasteiger charge is 2.31. The SMILES string of the molecule is COCC(=O)N1CC(c2ccc3ncnc(Nc4ccc(Oc5ccc(C)nc5)c(OC)c4)c3c2)C1. The molecule has 3 heterocycles. The molecule has 1 aliphatic heterocycles. The fraction of sp³-hybridized carbons (Fsp3) is 0.259. The molecule has 0 aliphatic carbocycles. The summed E-state index contributed by atoms with van der Waals surface area (Å²) >= 11 is 0. The molecule has 4 aromatic rings. The summed E-state index contributed by atoms with van der Waals surface area (Å²) in [6.07, 6.45) is 3.22. The average Bonchev–Trinajstić information content (AvgIpc) is 2.86. The van der Waals surface area contributed by atoms with Crippen molar-refractivity contribution in [1.29, 1.82) is 0 Å². The third-order valence-electron chi connectivity index (χ3n) is 6.17. The van der Waals surface area contributed by atoms with E-state index in [0.29, 0.717) is 36.2 Å². The maximum atomic E-state index is 12.0. The van der Waals surface area contributed by atoms with Gasteiger partial charge >= 0.3 is 0 Å². The number of fused-ring (bicyclic) bond motifs is 1. The van der Waals surface area contributed by atoms with Gasteiger partial charge in [0.2, 0.25) is 5.91 Å². The van der Waals surface area contributed by atoms with Gasteiger partial charge in [-0.15, -0.1) is 0 Å². The summed E-state index contributed by atoms with van der Waals surface area (Å²) < 4.78 is 16.5. The van der Waals surface area contributed by atoms with Gasteiger partial charge in [0.1, 0.15) is 24.5 Å². The van der Waals surface area contributed by atoms with E-state index in [1.165, 1.54) is 13.4 Å². The van der Waals surface area contributed by atoms with Crippen LogP contribution in [0, 0.1) is 6.92 Å². The van der Waals surface area contributed by atoms with Crippen LogP contribution in [0.25, 0.3) is 10.9 Å². The second-order valence-electron chi connectivity index (χ2n) is 8.66. The van der Waals surface area contributed by atoms with Crippen LogP contribution in [0.2, 0.25) is 0 Å². The van der Waals surface area contributed by atoms with Crippen molar-refractivity contribution in [3.63, 3.8) is 0 Å². The standard InChI is InChI=1S/C27H27N5O4/c1-17-4-7-21(12-28-17)36-24-9-6-20(11-25(24)35-3)31-27-22-10-18(5-8-23(22)29-16-30-27)19-13-32(14-19)26(33)15-34-2/h4-12,16,19H,13-15H2,1-3H3,(H,29,30,31). The average molecular weight is 486 g/mol. The van der Waals surface area contributed by atoms with Gasteiger partial charge in [0, 0.05) is 49.0 Å². The van der Waals surface area contributed by atoms with Gasteiger partial charge in [-0.1, -0.05) is 6.07 Å². The number of nitrogens with zero attached hydrogens (tertiary/aromatic N) is 4. The molecular weight excluding hydrogens is 458 g/mol. The van der Waals surface area contributed by atoms with Gasteiger partial charge in [-0.2, -0.15) is 0 Å². The fourth-order valence-electron chi connectivity index (χ4n) is 4.14. The number of hydrogen-bond acceptors (Lipinski definition) is 8. The first-order valence-corrected chi connectivity index (χ1v) is 11.6. The molecule has 1 aliphatic rings. The quantitative estimate of drug-likeness (QED) is 0.391. The number of rotatable bonds is 8.